The molecule has 25 heavy (non-hydrogen) atoms. The Hall–Kier alpha value is -2.50. The number of hydrogen-bond acceptors (Lipinski definition) is 3. The summed E-state index contributed by atoms with van der Waals surface area (Å²) in [6.07, 6.45) is 2.81. The molecule has 2 aliphatic heterocycles. The second-order valence-corrected chi connectivity index (χ2v) is 6.97. The number of nitrogens with one attached hydrogen (secondary N) is 2. The van der Waals surface area contributed by atoms with Gasteiger partial charge in [-0.25, -0.2) is 4.79 Å². The fourth-order valence-electron chi connectivity index (χ4n) is 4.04. The van der Waals surface area contributed by atoms with E-state index >= 15 is 0 Å². The maximum absolute atomic E-state index is 12.9. The minimum absolute atomic E-state index is 0.00418. The van der Waals surface area contributed by atoms with Crippen molar-refractivity contribution in [2.24, 2.45) is 0 Å². The Morgan fingerprint density at radius 3 is 3.00 bits per heavy atom. The molecule has 1 aromatic carbocycles. The summed E-state index contributed by atoms with van der Waals surface area (Å²) in [5.74, 6) is 0.927. The maximum atomic E-state index is 12.9. The van der Waals surface area contributed by atoms with E-state index in [9.17, 15) is 4.79 Å². The number of urea groups is 1. The van der Waals surface area contributed by atoms with Gasteiger partial charge in [0, 0.05) is 17.8 Å². The van der Waals surface area contributed by atoms with E-state index in [1.807, 2.05) is 36.9 Å². The van der Waals surface area contributed by atoms with Gasteiger partial charge in [-0.3, -0.25) is 5.10 Å². The molecule has 0 unspecified atom stereocenters. The number of fused-ring (bicyclic) bond motifs is 1. The van der Waals surface area contributed by atoms with Crippen LogP contribution in [0.15, 0.2) is 24.3 Å². The second kappa shape index (κ2) is 6.43. The van der Waals surface area contributed by atoms with Crippen LogP contribution in [0.3, 0.4) is 0 Å². The predicted octanol–water partition coefficient (Wildman–Crippen LogP) is 2.88. The van der Waals surface area contributed by atoms with Gasteiger partial charge < -0.3 is 15.0 Å². The van der Waals surface area contributed by atoms with E-state index in [0.717, 1.165) is 54.1 Å². The summed E-state index contributed by atoms with van der Waals surface area (Å²) in [4.78, 5) is 14.8. The highest BCUT2D eigenvalue weighted by Gasteiger charge is 2.34. The largest absolute Gasteiger partial charge is 0.491 e. The van der Waals surface area contributed by atoms with Gasteiger partial charge in [0.2, 0.25) is 0 Å². The third kappa shape index (κ3) is 2.97. The van der Waals surface area contributed by atoms with Gasteiger partial charge in [-0.2, -0.15) is 5.10 Å². The van der Waals surface area contributed by atoms with Crippen molar-refractivity contribution in [3.63, 3.8) is 0 Å². The average Bonchev–Trinajstić information content (AvgIpc) is 3.21. The topological polar surface area (TPSA) is 70.2 Å². The molecular weight excluding hydrogens is 316 g/mol. The first kappa shape index (κ1) is 16.0. The van der Waals surface area contributed by atoms with Crippen LogP contribution in [0.5, 0.6) is 5.75 Å². The molecule has 3 heterocycles. The molecule has 6 heteroatoms. The van der Waals surface area contributed by atoms with Gasteiger partial charge in [0.25, 0.3) is 0 Å². The zero-order chi connectivity index (χ0) is 17.4. The van der Waals surface area contributed by atoms with E-state index in [-0.39, 0.29) is 18.1 Å². The number of ether oxygens (including phenoxy) is 1. The first-order valence-corrected chi connectivity index (χ1v) is 8.93. The molecule has 0 aliphatic carbocycles. The zero-order valence-corrected chi connectivity index (χ0v) is 14.7. The van der Waals surface area contributed by atoms with Gasteiger partial charge >= 0.3 is 6.03 Å². The van der Waals surface area contributed by atoms with Crippen molar-refractivity contribution in [3.05, 3.63) is 46.8 Å². The molecule has 2 aromatic rings. The third-order valence-electron chi connectivity index (χ3n) is 5.24. The van der Waals surface area contributed by atoms with Crippen molar-refractivity contribution in [1.82, 2.24) is 20.4 Å². The van der Waals surface area contributed by atoms with Crippen LogP contribution in [0.25, 0.3) is 0 Å². The minimum Gasteiger partial charge on any atom is -0.491 e. The second-order valence-electron chi connectivity index (χ2n) is 6.97. The Labute approximate surface area is 147 Å². The summed E-state index contributed by atoms with van der Waals surface area (Å²) < 4.78 is 5.79. The summed E-state index contributed by atoms with van der Waals surface area (Å²) in [5.41, 5.74) is 4.35. The number of carbonyl (C=O) groups is 1. The Morgan fingerprint density at radius 1 is 1.36 bits per heavy atom. The number of aromatic amines is 1. The van der Waals surface area contributed by atoms with E-state index in [1.54, 1.807) is 0 Å². The van der Waals surface area contributed by atoms with E-state index in [4.69, 9.17) is 4.74 Å². The molecule has 2 amide bonds. The molecule has 0 radical (unpaired) electrons. The first-order chi connectivity index (χ1) is 12.1. The summed E-state index contributed by atoms with van der Waals surface area (Å²) in [5, 5.41) is 10.5. The van der Waals surface area contributed by atoms with Crippen molar-refractivity contribution >= 4 is 6.03 Å². The van der Waals surface area contributed by atoms with Gasteiger partial charge in [0.15, 0.2) is 0 Å². The van der Waals surface area contributed by atoms with Crippen molar-refractivity contribution in [2.75, 3.05) is 13.2 Å². The molecule has 1 aromatic heterocycles. The fourth-order valence-corrected chi connectivity index (χ4v) is 4.04. The van der Waals surface area contributed by atoms with Crippen LogP contribution in [0.4, 0.5) is 4.79 Å². The molecular formula is C19H24N4O2. The smallest absolute Gasteiger partial charge is 0.318 e. The van der Waals surface area contributed by atoms with Crippen LogP contribution in [0, 0.1) is 13.8 Å². The molecule has 2 N–H and O–H groups in total. The van der Waals surface area contributed by atoms with Crippen molar-refractivity contribution in [2.45, 2.75) is 45.2 Å². The Morgan fingerprint density at radius 2 is 2.20 bits per heavy atom. The summed E-state index contributed by atoms with van der Waals surface area (Å²) in [6, 6.07) is 8.13. The van der Waals surface area contributed by atoms with Gasteiger partial charge in [-0.05, 0) is 44.7 Å². The van der Waals surface area contributed by atoms with E-state index in [1.165, 1.54) is 0 Å². The van der Waals surface area contributed by atoms with Gasteiger partial charge in [-0.1, -0.05) is 18.2 Å². The molecule has 1 fully saturated rings. The minimum atomic E-state index is -0.00418. The number of aryl methyl sites for hydroxylation is 2. The Bertz CT molecular complexity index is 766. The zero-order valence-electron chi connectivity index (χ0n) is 14.7. The first-order valence-electron chi connectivity index (χ1n) is 8.93. The lowest BCUT2D eigenvalue weighted by atomic mass is 10.0. The van der Waals surface area contributed by atoms with Gasteiger partial charge in [0.1, 0.15) is 12.4 Å². The van der Waals surface area contributed by atoms with E-state index < -0.39 is 0 Å². The lowest BCUT2D eigenvalue weighted by Gasteiger charge is -2.30. The molecule has 6 nitrogen and oxygen atoms in total. The molecule has 0 spiro atoms. The lowest BCUT2D eigenvalue weighted by Crippen LogP contribution is -2.48. The lowest BCUT2D eigenvalue weighted by molar-refractivity contribution is 0.176. The number of aromatic nitrogens is 2. The number of nitrogens with zero attached hydrogens (tertiary/aromatic N) is 2. The highest BCUT2D eigenvalue weighted by Crippen LogP contribution is 2.35. The Balaban J connectivity index is 1.46. The van der Waals surface area contributed by atoms with Crippen molar-refractivity contribution in [3.8, 4) is 5.75 Å². The SMILES string of the molecule is Cc1n[nH]c(C)c1[C@@H]1CCCN1C(=O)N[C@@H]1COc2ccccc2C1. The third-order valence-corrected chi connectivity index (χ3v) is 5.24. The standard InChI is InChI=1S/C19H24N4O2/c1-12-18(13(2)22-21-12)16-7-5-9-23(16)19(24)20-15-10-14-6-3-4-8-17(14)25-11-15/h3-4,6,8,15-16H,5,7,9-11H2,1-2H3,(H,20,24)(H,21,22)/t15-,16-/m0/s1. The van der Waals surface area contributed by atoms with Crippen molar-refractivity contribution < 1.29 is 9.53 Å². The van der Waals surface area contributed by atoms with Crippen LogP contribution in [-0.2, 0) is 6.42 Å². The highest BCUT2D eigenvalue weighted by molar-refractivity contribution is 5.75. The van der Waals surface area contributed by atoms with Crippen LogP contribution in [-0.4, -0.2) is 40.3 Å². The molecule has 132 valence electrons. The molecule has 2 atom stereocenters. The van der Waals surface area contributed by atoms with E-state index in [2.05, 4.69) is 21.6 Å². The summed E-state index contributed by atoms with van der Waals surface area (Å²) in [6.45, 7) is 5.32. The van der Waals surface area contributed by atoms with Crippen LogP contribution in [0.1, 0.15) is 41.4 Å². The van der Waals surface area contributed by atoms with Crippen LogP contribution < -0.4 is 10.1 Å². The molecule has 0 saturated carbocycles. The number of likely N-dealkylation sites (tertiary alicyclic amines) is 1. The maximum Gasteiger partial charge on any atom is 0.318 e. The average molecular weight is 340 g/mol. The normalized spacial score (nSPS) is 22.4. The number of carbonyl (C=O) groups excluding carboxylic acids is 1. The Kier molecular flexibility index (Phi) is 4.11. The quantitative estimate of drug-likeness (QED) is 0.883. The monoisotopic (exact) mass is 340 g/mol. The number of benzene rings is 1. The number of rotatable bonds is 2. The molecule has 4 rings (SSSR count). The highest BCUT2D eigenvalue weighted by atomic mass is 16.5. The number of H-pyrrole nitrogens is 1. The van der Waals surface area contributed by atoms with Crippen LogP contribution >= 0.6 is 0 Å². The number of para-hydroxylation sites is 1. The van der Waals surface area contributed by atoms with Gasteiger partial charge in [0.05, 0.1) is 17.8 Å². The predicted molar refractivity (Wildman–Crippen MR) is 94.7 cm³/mol. The molecule has 2 aliphatic rings. The van der Waals surface area contributed by atoms with Gasteiger partial charge in [-0.15, -0.1) is 0 Å². The summed E-state index contributed by atoms with van der Waals surface area (Å²) >= 11 is 0. The number of amides is 2. The summed E-state index contributed by atoms with van der Waals surface area (Å²) in [7, 11) is 0. The van der Waals surface area contributed by atoms with Crippen molar-refractivity contribution in [1.29, 1.82) is 0 Å². The molecule has 0 bridgehead atoms. The number of hydrogen-bond donors (Lipinski definition) is 2. The van der Waals surface area contributed by atoms with E-state index in [0.29, 0.717) is 6.61 Å². The fraction of sp³-hybridized carbons (Fsp3) is 0.474. The van der Waals surface area contributed by atoms with Crippen LogP contribution in [0.2, 0.25) is 0 Å². The molecule has 1 saturated heterocycles.